The smallest absolute Gasteiger partial charge is 0.253 e. The lowest BCUT2D eigenvalue weighted by Gasteiger charge is -2.28. The van der Waals surface area contributed by atoms with Crippen molar-refractivity contribution in [3.8, 4) is 0 Å². The molecule has 0 saturated carbocycles. The van der Waals surface area contributed by atoms with E-state index < -0.39 is 36.9 Å². The molecule has 1 aromatic heterocycles. The van der Waals surface area contributed by atoms with Crippen molar-refractivity contribution in [1.29, 1.82) is 0 Å². The zero-order chi connectivity index (χ0) is 22.4. The second-order valence-electron chi connectivity index (χ2n) is 7.16. The molecule has 0 radical (unpaired) electrons. The van der Waals surface area contributed by atoms with Crippen molar-refractivity contribution in [3.63, 3.8) is 0 Å². The van der Waals surface area contributed by atoms with Gasteiger partial charge in [-0.2, -0.15) is 0 Å². The second kappa shape index (κ2) is 10.4. The Balaban J connectivity index is 1.99. The molecule has 2 rings (SSSR count). The lowest BCUT2D eigenvalue weighted by Crippen LogP contribution is -2.49. The minimum Gasteiger partial charge on any atom is -0.394 e. The van der Waals surface area contributed by atoms with Crippen LogP contribution in [0.1, 0.15) is 21.7 Å². The van der Waals surface area contributed by atoms with Crippen LogP contribution in [0.25, 0.3) is 0 Å². The van der Waals surface area contributed by atoms with Gasteiger partial charge in [0.05, 0.1) is 6.61 Å². The molecule has 1 aromatic carbocycles. The van der Waals surface area contributed by atoms with Crippen LogP contribution in [-0.2, 0) is 0 Å². The highest BCUT2D eigenvalue weighted by Gasteiger charge is 2.31. The standard InChI is InChI=1S/C20H28N4O6/c1-11-8-12(2)22-20(21-11)23-14-6-4-13(5-7-14)19(30)24(3)9-15(26)17(28)18(29)16(27)10-25/h4-8,15-18,25-29H,9-10H2,1-3H3,(H,21,22,23). The normalized spacial score (nSPS) is 15.2. The van der Waals surface area contributed by atoms with Gasteiger partial charge in [0.2, 0.25) is 5.95 Å². The van der Waals surface area contributed by atoms with Gasteiger partial charge in [-0.15, -0.1) is 0 Å². The second-order valence-corrected chi connectivity index (χ2v) is 7.16. The Bertz CT molecular complexity index is 827. The van der Waals surface area contributed by atoms with Crippen molar-refractivity contribution in [3.05, 3.63) is 47.3 Å². The number of rotatable bonds is 9. The third-order valence-electron chi connectivity index (χ3n) is 4.50. The third-order valence-corrected chi connectivity index (χ3v) is 4.50. The van der Waals surface area contributed by atoms with E-state index in [1.807, 2.05) is 19.9 Å². The van der Waals surface area contributed by atoms with Gasteiger partial charge in [-0.1, -0.05) is 0 Å². The van der Waals surface area contributed by atoms with Crippen LogP contribution >= 0.6 is 0 Å². The molecular formula is C20H28N4O6. The SMILES string of the molecule is Cc1cc(C)nc(Nc2ccc(C(=O)N(C)CC(O)C(O)C(O)C(O)CO)cc2)n1. The van der Waals surface area contributed by atoms with Crippen molar-refractivity contribution < 1.29 is 30.3 Å². The number of carbonyl (C=O) groups is 1. The quantitative estimate of drug-likeness (QED) is 0.310. The first-order valence-electron chi connectivity index (χ1n) is 9.40. The molecule has 4 unspecified atom stereocenters. The highest BCUT2D eigenvalue weighted by atomic mass is 16.4. The molecule has 0 spiro atoms. The van der Waals surface area contributed by atoms with Crippen molar-refractivity contribution in [2.45, 2.75) is 38.3 Å². The average Bonchev–Trinajstić information content (AvgIpc) is 2.71. The minimum atomic E-state index is -1.74. The molecule has 2 aromatic rings. The van der Waals surface area contributed by atoms with Crippen LogP contribution in [-0.4, -0.2) is 90.9 Å². The largest absolute Gasteiger partial charge is 0.394 e. The molecule has 0 aliphatic rings. The molecule has 30 heavy (non-hydrogen) atoms. The van der Waals surface area contributed by atoms with E-state index in [4.69, 9.17) is 5.11 Å². The van der Waals surface area contributed by atoms with Gasteiger partial charge in [-0.3, -0.25) is 4.79 Å². The molecule has 0 fully saturated rings. The number of hydrogen-bond acceptors (Lipinski definition) is 9. The fourth-order valence-corrected chi connectivity index (χ4v) is 2.86. The zero-order valence-corrected chi connectivity index (χ0v) is 17.1. The van der Waals surface area contributed by atoms with Crippen LogP contribution in [0.4, 0.5) is 11.6 Å². The van der Waals surface area contributed by atoms with Gasteiger partial charge in [0, 0.05) is 36.2 Å². The Kier molecular flexibility index (Phi) is 8.21. The van der Waals surface area contributed by atoms with Crippen LogP contribution < -0.4 is 5.32 Å². The predicted molar refractivity (Wildman–Crippen MR) is 109 cm³/mol. The first-order valence-corrected chi connectivity index (χ1v) is 9.40. The molecule has 0 aliphatic heterocycles. The van der Waals surface area contributed by atoms with E-state index in [0.29, 0.717) is 17.2 Å². The summed E-state index contributed by atoms with van der Waals surface area (Å²) in [5.41, 5.74) is 2.70. The molecule has 4 atom stereocenters. The van der Waals surface area contributed by atoms with E-state index >= 15 is 0 Å². The highest BCUT2D eigenvalue weighted by Crippen LogP contribution is 2.16. The summed E-state index contributed by atoms with van der Waals surface area (Å²) >= 11 is 0. The van der Waals surface area contributed by atoms with Gasteiger partial charge in [-0.05, 0) is 44.2 Å². The molecule has 10 nitrogen and oxygen atoms in total. The van der Waals surface area contributed by atoms with Gasteiger partial charge in [-0.25, -0.2) is 9.97 Å². The lowest BCUT2D eigenvalue weighted by atomic mass is 10.0. The molecule has 1 amide bonds. The summed E-state index contributed by atoms with van der Waals surface area (Å²) in [6, 6.07) is 8.43. The summed E-state index contributed by atoms with van der Waals surface area (Å²) in [7, 11) is 1.43. The summed E-state index contributed by atoms with van der Waals surface area (Å²) in [5.74, 6) is 0.0390. The van der Waals surface area contributed by atoms with Crippen LogP contribution in [0.5, 0.6) is 0 Å². The summed E-state index contributed by atoms with van der Waals surface area (Å²) in [4.78, 5) is 22.3. The number of nitrogens with zero attached hydrogens (tertiary/aromatic N) is 3. The number of aliphatic hydroxyl groups excluding tert-OH is 5. The van der Waals surface area contributed by atoms with Gasteiger partial charge >= 0.3 is 0 Å². The topological polar surface area (TPSA) is 159 Å². The predicted octanol–water partition coefficient (Wildman–Crippen LogP) is -0.655. The van der Waals surface area contributed by atoms with Gasteiger partial charge in [0.1, 0.15) is 24.4 Å². The minimum absolute atomic E-state index is 0.286. The number of aromatic nitrogens is 2. The monoisotopic (exact) mass is 420 g/mol. The Morgan fingerprint density at radius 3 is 2.07 bits per heavy atom. The number of benzene rings is 1. The first kappa shape index (κ1) is 23.6. The van der Waals surface area contributed by atoms with Crippen LogP contribution in [0.2, 0.25) is 0 Å². The maximum atomic E-state index is 12.6. The van der Waals surface area contributed by atoms with Crippen molar-refractivity contribution in [1.82, 2.24) is 14.9 Å². The van der Waals surface area contributed by atoms with Crippen molar-refractivity contribution >= 4 is 17.5 Å². The molecule has 0 aliphatic carbocycles. The fourth-order valence-electron chi connectivity index (χ4n) is 2.86. The van der Waals surface area contributed by atoms with Gasteiger partial charge in [0.25, 0.3) is 5.91 Å². The van der Waals surface area contributed by atoms with E-state index in [9.17, 15) is 25.2 Å². The Labute approximate surface area is 174 Å². The van der Waals surface area contributed by atoms with Gasteiger partial charge in [0.15, 0.2) is 0 Å². The number of aryl methyl sites for hydroxylation is 2. The molecule has 6 N–H and O–H groups in total. The molecular weight excluding hydrogens is 392 g/mol. The Morgan fingerprint density at radius 2 is 1.53 bits per heavy atom. The van der Waals surface area contributed by atoms with E-state index in [-0.39, 0.29) is 6.54 Å². The third kappa shape index (κ3) is 6.18. The zero-order valence-electron chi connectivity index (χ0n) is 17.1. The van der Waals surface area contributed by atoms with E-state index in [1.54, 1.807) is 24.3 Å². The number of anilines is 2. The Hall–Kier alpha value is -2.63. The first-order chi connectivity index (χ1) is 14.1. The maximum Gasteiger partial charge on any atom is 0.253 e. The van der Waals surface area contributed by atoms with Gasteiger partial charge < -0.3 is 35.7 Å². The molecule has 0 saturated heterocycles. The summed E-state index contributed by atoms with van der Waals surface area (Å²) in [6.07, 6.45) is -6.59. The highest BCUT2D eigenvalue weighted by molar-refractivity contribution is 5.94. The number of amides is 1. The van der Waals surface area contributed by atoms with E-state index in [0.717, 1.165) is 11.4 Å². The summed E-state index contributed by atoms with van der Waals surface area (Å²) < 4.78 is 0. The number of hydrogen-bond donors (Lipinski definition) is 6. The summed E-state index contributed by atoms with van der Waals surface area (Å²) in [6.45, 7) is 2.68. The van der Waals surface area contributed by atoms with Crippen LogP contribution in [0.15, 0.2) is 30.3 Å². The van der Waals surface area contributed by atoms with Crippen molar-refractivity contribution in [2.24, 2.45) is 0 Å². The number of likely N-dealkylation sites (N-methyl/N-ethyl adjacent to an activating group) is 1. The average molecular weight is 420 g/mol. The van der Waals surface area contributed by atoms with Crippen LogP contribution in [0.3, 0.4) is 0 Å². The molecule has 10 heteroatoms. The van der Waals surface area contributed by atoms with E-state index in [1.165, 1.54) is 11.9 Å². The number of carbonyl (C=O) groups excluding carboxylic acids is 1. The molecule has 164 valence electrons. The fraction of sp³-hybridized carbons (Fsp3) is 0.450. The number of aliphatic hydroxyl groups is 5. The van der Waals surface area contributed by atoms with Crippen LogP contribution in [0, 0.1) is 13.8 Å². The summed E-state index contributed by atoms with van der Waals surface area (Å²) in [5, 5.41) is 50.8. The Morgan fingerprint density at radius 1 is 1.00 bits per heavy atom. The maximum absolute atomic E-state index is 12.6. The number of nitrogens with one attached hydrogen (secondary N) is 1. The van der Waals surface area contributed by atoms with E-state index in [2.05, 4.69) is 15.3 Å². The van der Waals surface area contributed by atoms with Crippen molar-refractivity contribution in [2.75, 3.05) is 25.5 Å². The molecule has 0 bridgehead atoms. The lowest BCUT2D eigenvalue weighted by molar-refractivity contribution is -0.117. The molecule has 1 heterocycles.